The predicted octanol–water partition coefficient (Wildman–Crippen LogP) is 6.27. The summed E-state index contributed by atoms with van der Waals surface area (Å²) in [6, 6.07) is 9.62. The molecule has 0 aliphatic rings. The van der Waals surface area contributed by atoms with E-state index in [2.05, 4.69) is 15.9 Å². The molecule has 20 heavy (non-hydrogen) atoms. The fourth-order valence-corrected chi connectivity index (χ4v) is 4.13. The molecule has 102 valence electrons. The van der Waals surface area contributed by atoms with Crippen LogP contribution in [0.5, 0.6) is 0 Å². The summed E-state index contributed by atoms with van der Waals surface area (Å²) < 4.78 is 28.4. The molecule has 2 aromatic carbocycles. The van der Waals surface area contributed by atoms with Crippen molar-refractivity contribution in [3.05, 3.63) is 69.0 Å². The number of alkyl halides is 1. The van der Waals surface area contributed by atoms with Crippen LogP contribution in [0.4, 0.5) is 8.78 Å². The van der Waals surface area contributed by atoms with Gasteiger partial charge in [0.2, 0.25) is 0 Å². The quantitative estimate of drug-likeness (QED) is 0.464. The molecule has 0 fully saturated rings. The van der Waals surface area contributed by atoms with Crippen LogP contribution in [-0.4, -0.2) is 0 Å². The van der Waals surface area contributed by atoms with E-state index in [1.54, 1.807) is 11.3 Å². The van der Waals surface area contributed by atoms with Gasteiger partial charge < -0.3 is 0 Å². The number of halogens is 4. The molecule has 0 N–H and O–H groups in total. The van der Waals surface area contributed by atoms with E-state index in [-0.39, 0.29) is 0 Å². The smallest absolute Gasteiger partial charge is 0.159 e. The van der Waals surface area contributed by atoms with Crippen molar-refractivity contribution in [2.75, 3.05) is 0 Å². The lowest BCUT2D eigenvalue weighted by atomic mass is 10.0. The third-order valence-electron chi connectivity index (χ3n) is 3.09. The van der Waals surface area contributed by atoms with Gasteiger partial charge in [-0.05, 0) is 56.0 Å². The van der Waals surface area contributed by atoms with Crippen molar-refractivity contribution < 1.29 is 8.78 Å². The maximum atomic E-state index is 13.3. The van der Waals surface area contributed by atoms with Gasteiger partial charge in [-0.3, -0.25) is 0 Å². The first-order valence-electron chi connectivity index (χ1n) is 5.82. The van der Waals surface area contributed by atoms with E-state index < -0.39 is 17.0 Å². The highest BCUT2D eigenvalue weighted by molar-refractivity contribution is 9.10. The summed E-state index contributed by atoms with van der Waals surface area (Å²) in [5.41, 5.74) is 1.45. The second-order valence-electron chi connectivity index (χ2n) is 4.34. The first-order valence-corrected chi connectivity index (χ1v) is 7.93. The van der Waals surface area contributed by atoms with Gasteiger partial charge in [-0.15, -0.1) is 22.9 Å². The van der Waals surface area contributed by atoms with Crippen molar-refractivity contribution in [1.29, 1.82) is 0 Å². The molecule has 0 aliphatic heterocycles. The Kier molecular flexibility index (Phi) is 3.80. The molecule has 0 nitrogen and oxygen atoms in total. The zero-order valence-electron chi connectivity index (χ0n) is 10.0. The molecule has 0 saturated carbocycles. The van der Waals surface area contributed by atoms with Crippen LogP contribution >= 0.6 is 38.9 Å². The molecule has 0 aliphatic carbocycles. The van der Waals surface area contributed by atoms with E-state index in [1.165, 1.54) is 6.07 Å². The summed E-state index contributed by atoms with van der Waals surface area (Å²) in [6.07, 6.45) is 0. The summed E-state index contributed by atoms with van der Waals surface area (Å²) in [4.78, 5) is 0. The van der Waals surface area contributed by atoms with Crippen molar-refractivity contribution >= 4 is 49.0 Å². The van der Waals surface area contributed by atoms with Crippen molar-refractivity contribution in [3.63, 3.8) is 0 Å². The summed E-state index contributed by atoms with van der Waals surface area (Å²) in [6.45, 7) is 0. The van der Waals surface area contributed by atoms with Gasteiger partial charge in [0.15, 0.2) is 11.6 Å². The highest BCUT2D eigenvalue weighted by Gasteiger charge is 2.17. The number of hydrogen-bond donors (Lipinski definition) is 0. The summed E-state index contributed by atoms with van der Waals surface area (Å²) in [7, 11) is 0. The molecular weight excluding hydrogens is 366 g/mol. The Morgan fingerprint density at radius 3 is 2.65 bits per heavy atom. The zero-order chi connectivity index (χ0) is 14.3. The van der Waals surface area contributed by atoms with Crippen LogP contribution in [-0.2, 0) is 0 Å². The van der Waals surface area contributed by atoms with E-state index in [0.29, 0.717) is 5.56 Å². The molecule has 0 radical (unpaired) electrons. The minimum Gasteiger partial charge on any atom is -0.204 e. The maximum Gasteiger partial charge on any atom is 0.159 e. The molecule has 3 aromatic rings. The van der Waals surface area contributed by atoms with Gasteiger partial charge in [0, 0.05) is 9.17 Å². The molecule has 0 spiro atoms. The third kappa shape index (κ3) is 2.36. The van der Waals surface area contributed by atoms with Crippen molar-refractivity contribution in [3.8, 4) is 0 Å². The lowest BCUT2D eigenvalue weighted by Gasteiger charge is -2.10. The number of rotatable bonds is 2. The minimum absolute atomic E-state index is 0.506. The molecule has 5 heteroatoms. The highest BCUT2D eigenvalue weighted by Crippen LogP contribution is 2.40. The van der Waals surface area contributed by atoms with Crippen LogP contribution in [0.1, 0.15) is 16.5 Å². The van der Waals surface area contributed by atoms with E-state index in [4.69, 9.17) is 11.6 Å². The van der Waals surface area contributed by atoms with E-state index in [9.17, 15) is 8.78 Å². The standard InChI is InChI=1S/C15H8BrClF2S/c16-11-3-1-2-9-10(7-20-15(9)11)14(17)8-4-5-12(18)13(19)6-8/h1-7,14H. The fraction of sp³-hybridized carbons (Fsp3) is 0.0667. The van der Waals surface area contributed by atoms with Crippen LogP contribution in [0.15, 0.2) is 46.3 Å². The third-order valence-corrected chi connectivity index (χ3v) is 5.55. The van der Waals surface area contributed by atoms with Gasteiger partial charge in [-0.25, -0.2) is 8.78 Å². The Morgan fingerprint density at radius 2 is 1.90 bits per heavy atom. The largest absolute Gasteiger partial charge is 0.204 e. The Hall–Kier alpha value is -0.970. The number of benzene rings is 2. The Balaban J connectivity index is 2.10. The van der Waals surface area contributed by atoms with Gasteiger partial charge in [-0.2, -0.15) is 0 Å². The lowest BCUT2D eigenvalue weighted by Crippen LogP contribution is -1.94. The van der Waals surface area contributed by atoms with Gasteiger partial charge in [-0.1, -0.05) is 18.2 Å². The van der Waals surface area contributed by atoms with Crippen LogP contribution in [0, 0.1) is 11.6 Å². The molecule has 3 rings (SSSR count). The first kappa shape index (κ1) is 14.0. The predicted molar refractivity (Wildman–Crippen MR) is 83.6 cm³/mol. The normalized spacial score (nSPS) is 12.8. The van der Waals surface area contributed by atoms with Crippen molar-refractivity contribution in [2.24, 2.45) is 0 Å². The molecule has 1 heterocycles. The van der Waals surface area contributed by atoms with Gasteiger partial charge in [0.05, 0.1) is 5.38 Å². The highest BCUT2D eigenvalue weighted by atomic mass is 79.9. The SMILES string of the molecule is Fc1ccc(C(Cl)c2csc3c(Br)cccc23)cc1F. The maximum absolute atomic E-state index is 13.3. The molecule has 1 aromatic heterocycles. The van der Waals surface area contributed by atoms with E-state index in [0.717, 1.165) is 32.3 Å². The Morgan fingerprint density at radius 1 is 1.10 bits per heavy atom. The second kappa shape index (κ2) is 5.43. The monoisotopic (exact) mass is 372 g/mol. The minimum atomic E-state index is -0.881. The van der Waals surface area contributed by atoms with Gasteiger partial charge in [0.1, 0.15) is 0 Å². The van der Waals surface area contributed by atoms with Gasteiger partial charge >= 0.3 is 0 Å². The van der Waals surface area contributed by atoms with E-state index >= 15 is 0 Å². The second-order valence-corrected chi connectivity index (χ2v) is 6.51. The summed E-state index contributed by atoms with van der Waals surface area (Å²) >= 11 is 11.5. The average Bonchev–Trinajstić information content (AvgIpc) is 2.86. The molecule has 0 bridgehead atoms. The molecule has 1 atom stereocenters. The molecule has 0 saturated heterocycles. The summed E-state index contributed by atoms with van der Waals surface area (Å²) in [5.74, 6) is -1.75. The van der Waals surface area contributed by atoms with Crippen LogP contribution in [0.25, 0.3) is 10.1 Å². The van der Waals surface area contributed by atoms with Crippen LogP contribution in [0.2, 0.25) is 0 Å². The lowest BCUT2D eigenvalue weighted by molar-refractivity contribution is 0.507. The molecule has 0 amide bonds. The fourth-order valence-electron chi connectivity index (χ4n) is 2.09. The van der Waals surface area contributed by atoms with Gasteiger partial charge in [0.25, 0.3) is 0 Å². The summed E-state index contributed by atoms with van der Waals surface area (Å²) in [5, 5.41) is 2.47. The Labute approximate surface area is 132 Å². The number of fused-ring (bicyclic) bond motifs is 1. The van der Waals surface area contributed by atoms with Crippen LogP contribution in [0.3, 0.4) is 0 Å². The molecule has 1 unspecified atom stereocenters. The topological polar surface area (TPSA) is 0 Å². The Bertz CT molecular complexity index is 785. The first-order chi connectivity index (χ1) is 9.58. The number of thiophene rings is 1. The van der Waals surface area contributed by atoms with Crippen LogP contribution < -0.4 is 0 Å². The van der Waals surface area contributed by atoms with Crippen molar-refractivity contribution in [2.45, 2.75) is 5.38 Å². The average molecular weight is 374 g/mol. The van der Waals surface area contributed by atoms with Crippen molar-refractivity contribution in [1.82, 2.24) is 0 Å². The molecular formula is C15H8BrClF2S. The van der Waals surface area contributed by atoms with E-state index in [1.807, 2.05) is 23.6 Å². The zero-order valence-corrected chi connectivity index (χ0v) is 13.2. The number of hydrogen-bond acceptors (Lipinski definition) is 1.